The average molecular weight is 261 g/mol. The fourth-order valence-electron chi connectivity index (χ4n) is 1.82. The number of ether oxygens (including phenoxy) is 1. The average Bonchev–Trinajstić information content (AvgIpc) is 2.29. The Labute approximate surface area is 108 Å². The number of para-hydroxylation sites is 1. The van der Waals surface area contributed by atoms with E-state index in [2.05, 4.69) is 5.32 Å². The van der Waals surface area contributed by atoms with Gasteiger partial charge in [-0.2, -0.15) is 0 Å². The maximum Gasteiger partial charge on any atom is 0.137 e. The molecule has 1 aliphatic rings. The molecule has 1 aromatic carbocycles. The topological polar surface area (TPSA) is 21.3 Å². The maximum absolute atomic E-state index is 6.00. The molecular weight excluding hydrogens is 245 g/mol. The molecule has 1 aliphatic heterocycles. The van der Waals surface area contributed by atoms with E-state index in [0.717, 1.165) is 25.4 Å². The van der Waals surface area contributed by atoms with Crippen molar-refractivity contribution >= 4 is 11.6 Å². The van der Waals surface area contributed by atoms with E-state index in [-0.39, 0.29) is 12.4 Å². The van der Waals surface area contributed by atoms with E-state index in [1.54, 1.807) is 0 Å². The molecule has 0 bridgehead atoms. The van der Waals surface area contributed by atoms with Gasteiger partial charge in [0, 0.05) is 0 Å². The molecule has 2 nitrogen and oxygen atoms in total. The highest BCUT2D eigenvalue weighted by molar-refractivity contribution is 6.32. The van der Waals surface area contributed by atoms with Gasteiger partial charge in [-0.1, -0.05) is 23.7 Å². The molecule has 1 fully saturated rings. The van der Waals surface area contributed by atoms with E-state index in [0.29, 0.717) is 10.9 Å². The van der Waals surface area contributed by atoms with Gasteiger partial charge >= 0.3 is 0 Å². The van der Waals surface area contributed by atoms with Crippen LogP contribution in [0, 0.1) is 5.92 Å². The van der Waals surface area contributed by atoms with E-state index >= 15 is 0 Å². The van der Waals surface area contributed by atoms with Crippen molar-refractivity contribution in [2.75, 3.05) is 19.7 Å². The van der Waals surface area contributed by atoms with Crippen LogP contribution in [-0.4, -0.2) is 19.7 Å². The number of halogens is 2. The summed E-state index contributed by atoms with van der Waals surface area (Å²) in [6, 6.07) is 7.64. The number of rotatable bonds is 3. The first-order valence-electron chi connectivity index (χ1n) is 5.44. The van der Waals surface area contributed by atoms with Crippen molar-refractivity contribution in [1.29, 1.82) is 0 Å². The second-order valence-electron chi connectivity index (χ2n) is 3.93. The SMILES string of the molecule is Clc1ccccc1OCC1CCNCC1.[Cl-]. The second kappa shape index (κ2) is 7.00. The van der Waals surface area contributed by atoms with E-state index in [1.807, 2.05) is 24.3 Å². The predicted octanol–water partition coefficient (Wildman–Crippen LogP) is -0.278. The van der Waals surface area contributed by atoms with Crippen molar-refractivity contribution in [3.63, 3.8) is 0 Å². The van der Waals surface area contributed by atoms with E-state index < -0.39 is 0 Å². The Morgan fingerprint density at radius 2 is 1.94 bits per heavy atom. The Balaban J connectivity index is 0.00000128. The maximum atomic E-state index is 6.00. The minimum absolute atomic E-state index is 0. The summed E-state index contributed by atoms with van der Waals surface area (Å²) in [5, 5.41) is 4.04. The molecule has 0 spiro atoms. The largest absolute Gasteiger partial charge is 1.00 e. The number of hydrogen-bond donors (Lipinski definition) is 1. The van der Waals surface area contributed by atoms with Crippen molar-refractivity contribution in [2.24, 2.45) is 5.92 Å². The van der Waals surface area contributed by atoms with Gasteiger partial charge < -0.3 is 22.5 Å². The van der Waals surface area contributed by atoms with Gasteiger partial charge in [0.2, 0.25) is 0 Å². The Kier molecular flexibility index (Phi) is 5.96. The van der Waals surface area contributed by atoms with Gasteiger partial charge in [0.25, 0.3) is 0 Å². The summed E-state index contributed by atoms with van der Waals surface area (Å²) in [7, 11) is 0. The lowest BCUT2D eigenvalue weighted by atomic mass is 9.99. The summed E-state index contributed by atoms with van der Waals surface area (Å²) in [5.74, 6) is 1.47. The monoisotopic (exact) mass is 260 g/mol. The van der Waals surface area contributed by atoms with E-state index in [1.165, 1.54) is 12.8 Å². The highest BCUT2D eigenvalue weighted by Gasteiger charge is 2.13. The first kappa shape index (κ1) is 13.6. The summed E-state index contributed by atoms with van der Waals surface area (Å²) in [4.78, 5) is 0. The molecule has 0 amide bonds. The molecule has 1 aromatic rings. The van der Waals surface area contributed by atoms with Gasteiger partial charge in [0.05, 0.1) is 11.6 Å². The molecular formula is C12H16Cl2NO-. The molecule has 0 aromatic heterocycles. The van der Waals surface area contributed by atoms with Crippen LogP contribution in [0.4, 0.5) is 0 Å². The van der Waals surface area contributed by atoms with Crippen molar-refractivity contribution < 1.29 is 17.1 Å². The van der Waals surface area contributed by atoms with Crippen LogP contribution in [0.3, 0.4) is 0 Å². The molecule has 1 N–H and O–H groups in total. The van der Waals surface area contributed by atoms with Gasteiger partial charge in [0.1, 0.15) is 5.75 Å². The lowest BCUT2D eigenvalue weighted by molar-refractivity contribution is -0.00000339. The fourth-order valence-corrected chi connectivity index (χ4v) is 2.01. The molecule has 1 heterocycles. The zero-order valence-corrected chi connectivity index (χ0v) is 10.6. The van der Waals surface area contributed by atoms with Crippen LogP contribution in [-0.2, 0) is 0 Å². The summed E-state index contributed by atoms with van der Waals surface area (Å²) < 4.78 is 5.72. The second-order valence-corrected chi connectivity index (χ2v) is 4.34. The third kappa shape index (κ3) is 3.85. The zero-order chi connectivity index (χ0) is 10.5. The van der Waals surface area contributed by atoms with Gasteiger partial charge in [-0.15, -0.1) is 0 Å². The molecule has 1 saturated heterocycles. The van der Waals surface area contributed by atoms with Crippen molar-refractivity contribution in [3.8, 4) is 5.75 Å². The Morgan fingerprint density at radius 3 is 2.62 bits per heavy atom. The summed E-state index contributed by atoms with van der Waals surface area (Å²) in [6.07, 6.45) is 2.40. The van der Waals surface area contributed by atoms with Crippen LogP contribution < -0.4 is 22.5 Å². The number of hydrogen-bond acceptors (Lipinski definition) is 2. The molecule has 4 heteroatoms. The van der Waals surface area contributed by atoms with Crippen LogP contribution in [0.15, 0.2) is 24.3 Å². The van der Waals surface area contributed by atoms with Crippen molar-refractivity contribution in [3.05, 3.63) is 29.3 Å². The molecule has 90 valence electrons. The smallest absolute Gasteiger partial charge is 0.137 e. The number of nitrogens with one attached hydrogen (secondary N) is 1. The normalized spacial score (nSPS) is 16.6. The van der Waals surface area contributed by atoms with Gasteiger partial charge in [-0.25, -0.2) is 0 Å². The predicted molar refractivity (Wildman–Crippen MR) is 62.5 cm³/mol. The Bertz CT molecular complexity index is 314. The number of benzene rings is 1. The molecule has 0 unspecified atom stereocenters. The minimum Gasteiger partial charge on any atom is -1.00 e. The molecule has 2 rings (SSSR count). The van der Waals surface area contributed by atoms with Gasteiger partial charge in [0.15, 0.2) is 0 Å². The molecule has 0 saturated carbocycles. The summed E-state index contributed by atoms with van der Waals surface area (Å²) in [6.45, 7) is 3.00. The molecule has 0 aliphatic carbocycles. The minimum atomic E-state index is 0. The van der Waals surface area contributed by atoms with E-state index in [4.69, 9.17) is 16.3 Å². The molecule has 0 radical (unpaired) electrons. The number of piperidine rings is 1. The molecule has 16 heavy (non-hydrogen) atoms. The zero-order valence-electron chi connectivity index (χ0n) is 9.09. The van der Waals surface area contributed by atoms with Gasteiger partial charge in [-0.3, -0.25) is 0 Å². The lowest BCUT2D eigenvalue weighted by Crippen LogP contribution is -3.00. The Hall–Kier alpha value is -0.440. The van der Waals surface area contributed by atoms with Crippen LogP contribution in [0.2, 0.25) is 5.02 Å². The first-order chi connectivity index (χ1) is 7.36. The van der Waals surface area contributed by atoms with Crippen molar-refractivity contribution in [2.45, 2.75) is 12.8 Å². The third-order valence-corrected chi connectivity index (χ3v) is 3.08. The van der Waals surface area contributed by atoms with Crippen LogP contribution >= 0.6 is 11.6 Å². The highest BCUT2D eigenvalue weighted by Crippen LogP contribution is 2.24. The summed E-state index contributed by atoms with van der Waals surface area (Å²) >= 11 is 6.00. The fraction of sp³-hybridized carbons (Fsp3) is 0.500. The Morgan fingerprint density at radius 1 is 1.25 bits per heavy atom. The standard InChI is InChI=1S/C12H16ClNO.ClH/c13-11-3-1-2-4-12(11)15-9-10-5-7-14-8-6-10;/h1-4,10,14H,5-9H2;1H/p-1. The molecule has 0 atom stereocenters. The summed E-state index contributed by atoms with van der Waals surface area (Å²) in [5.41, 5.74) is 0. The van der Waals surface area contributed by atoms with Gasteiger partial charge in [-0.05, 0) is 44.0 Å². The third-order valence-electron chi connectivity index (χ3n) is 2.77. The van der Waals surface area contributed by atoms with Crippen molar-refractivity contribution in [1.82, 2.24) is 5.32 Å². The van der Waals surface area contributed by atoms with Crippen LogP contribution in [0.1, 0.15) is 12.8 Å². The van der Waals surface area contributed by atoms with Crippen LogP contribution in [0.25, 0.3) is 0 Å². The highest BCUT2D eigenvalue weighted by atomic mass is 35.5. The first-order valence-corrected chi connectivity index (χ1v) is 5.82. The van der Waals surface area contributed by atoms with E-state index in [9.17, 15) is 0 Å². The lowest BCUT2D eigenvalue weighted by Gasteiger charge is -2.22. The quantitative estimate of drug-likeness (QED) is 0.808. The van der Waals surface area contributed by atoms with Crippen LogP contribution in [0.5, 0.6) is 5.75 Å².